The molecule has 1 N–H and O–H groups in total. The average molecular weight is 249 g/mol. The van der Waals surface area contributed by atoms with E-state index < -0.39 is 0 Å². The van der Waals surface area contributed by atoms with Gasteiger partial charge in [-0.25, -0.2) is 4.98 Å². The largest absolute Gasteiger partial charge is 0.497 e. The van der Waals surface area contributed by atoms with Crippen LogP contribution in [-0.2, 0) is 13.0 Å². The summed E-state index contributed by atoms with van der Waals surface area (Å²) in [6, 6.07) is 7.98. The van der Waals surface area contributed by atoms with Crippen LogP contribution >= 0.6 is 11.5 Å². The molecule has 0 aliphatic rings. The maximum absolute atomic E-state index is 5.18. The molecule has 0 saturated carbocycles. The molecule has 0 bridgehead atoms. The maximum Gasteiger partial charge on any atom is 0.202 e. The van der Waals surface area contributed by atoms with Crippen molar-refractivity contribution in [3.8, 4) is 5.75 Å². The molecule has 1 heterocycles. The number of rotatable bonds is 5. The highest BCUT2D eigenvalue weighted by Crippen LogP contribution is 2.16. The number of hydrogen-bond acceptors (Lipinski definition) is 5. The minimum absolute atomic E-state index is 0.732. The van der Waals surface area contributed by atoms with Crippen LogP contribution in [0, 0.1) is 0 Å². The zero-order chi connectivity index (χ0) is 12.1. The van der Waals surface area contributed by atoms with Crippen LogP contribution in [0.2, 0.25) is 0 Å². The first kappa shape index (κ1) is 11.9. The lowest BCUT2D eigenvalue weighted by atomic mass is 10.2. The first-order valence-electron chi connectivity index (χ1n) is 5.51. The predicted octanol–water partition coefficient (Wildman–Crippen LogP) is 2.72. The Morgan fingerprint density at radius 3 is 3.00 bits per heavy atom. The van der Waals surface area contributed by atoms with Gasteiger partial charge in [0.15, 0.2) is 0 Å². The van der Waals surface area contributed by atoms with Crippen LogP contribution in [0.3, 0.4) is 0 Å². The normalized spacial score (nSPS) is 10.2. The number of hydrogen-bond donors (Lipinski definition) is 1. The minimum atomic E-state index is 0.732. The Balaban J connectivity index is 1.96. The van der Waals surface area contributed by atoms with E-state index in [1.807, 2.05) is 25.1 Å². The topological polar surface area (TPSA) is 47.0 Å². The molecule has 4 nitrogen and oxygen atoms in total. The molecule has 17 heavy (non-hydrogen) atoms. The Labute approximate surface area is 105 Å². The third-order valence-electron chi connectivity index (χ3n) is 2.36. The number of anilines is 1. The summed E-state index contributed by atoms with van der Waals surface area (Å²) in [6.45, 7) is 2.78. The lowest BCUT2D eigenvalue weighted by molar-refractivity contribution is 0.414. The van der Waals surface area contributed by atoms with Crippen molar-refractivity contribution in [2.24, 2.45) is 0 Å². The monoisotopic (exact) mass is 249 g/mol. The van der Waals surface area contributed by atoms with Gasteiger partial charge in [-0.3, -0.25) is 0 Å². The Morgan fingerprint density at radius 2 is 2.29 bits per heavy atom. The van der Waals surface area contributed by atoms with Crippen LogP contribution in [0.25, 0.3) is 0 Å². The molecule has 5 heteroatoms. The second-order valence-corrected chi connectivity index (χ2v) is 4.33. The van der Waals surface area contributed by atoms with Gasteiger partial charge in [-0.05, 0) is 17.7 Å². The van der Waals surface area contributed by atoms with Crippen molar-refractivity contribution in [3.05, 3.63) is 35.7 Å². The van der Waals surface area contributed by atoms with Crippen LogP contribution < -0.4 is 10.1 Å². The number of nitrogens with zero attached hydrogens (tertiary/aromatic N) is 2. The van der Waals surface area contributed by atoms with E-state index in [-0.39, 0.29) is 0 Å². The molecule has 0 aliphatic heterocycles. The molecule has 0 spiro atoms. The first-order valence-corrected chi connectivity index (χ1v) is 6.28. The molecule has 0 amide bonds. The molecular weight excluding hydrogens is 234 g/mol. The standard InChI is InChI=1S/C12H15N3OS/c1-3-11-14-12(17-15-11)13-8-9-5-4-6-10(7-9)16-2/h4-7H,3,8H2,1-2H3,(H,13,14,15). The summed E-state index contributed by atoms with van der Waals surface area (Å²) in [4.78, 5) is 4.35. The lowest BCUT2D eigenvalue weighted by Gasteiger charge is -2.04. The van der Waals surface area contributed by atoms with Crippen molar-refractivity contribution in [3.63, 3.8) is 0 Å². The average Bonchev–Trinajstić information content (AvgIpc) is 2.84. The fourth-order valence-electron chi connectivity index (χ4n) is 1.43. The second-order valence-electron chi connectivity index (χ2n) is 3.57. The summed E-state index contributed by atoms with van der Waals surface area (Å²) in [7, 11) is 1.67. The Morgan fingerprint density at radius 1 is 1.41 bits per heavy atom. The van der Waals surface area contributed by atoms with E-state index in [0.29, 0.717) is 0 Å². The van der Waals surface area contributed by atoms with Gasteiger partial charge in [-0.15, -0.1) is 0 Å². The number of aryl methyl sites for hydroxylation is 1. The van der Waals surface area contributed by atoms with Crippen molar-refractivity contribution in [1.82, 2.24) is 9.36 Å². The molecule has 0 radical (unpaired) electrons. The van der Waals surface area contributed by atoms with E-state index >= 15 is 0 Å². The van der Waals surface area contributed by atoms with Gasteiger partial charge < -0.3 is 10.1 Å². The van der Waals surface area contributed by atoms with Crippen molar-refractivity contribution >= 4 is 16.7 Å². The van der Waals surface area contributed by atoms with Gasteiger partial charge in [-0.2, -0.15) is 4.37 Å². The van der Waals surface area contributed by atoms with Crippen LogP contribution in [0.1, 0.15) is 18.3 Å². The van der Waals surface area contributed by atoms with Gasteiger partial charge in [-0.1, -0.05) is 19.1 Å². The third-order valence-corrected chi connectivity index (χ3v) is 3.07. The number of methoxy groups -OCH3 is 1. The fraction of sp³-hybridized carbons (Fsp3) is 0.333. The molecule has 90 valence electrons. The minimum Gasteiger partial charge on any atom is -0.497 e. The highest BCUT2D eigenvalue weighted by Gasteiger charge is 2.02. The summed E-state index contributed by atoms with van der Waals surface area (Å²) in [5.41, 5.74) is 1.16. The van der Waals surface area contributed by atoms with Gasteiger partial charge in [0.2, 0.25) is 5.13 Å². The van der Waals surface area contributed by atoms with E-state index in [1.165, 1.54) is 11.5 Å². The molecule has 0 saturated heterocycles. The molecule has 1 aromatic carbocycles. The number of nitrogens with one attached hydrogen (secondary N) is 1. The molecule has 1 aromatic heterocycles. The van der Waals surface area contributed by atoms with Crippen LogP contribution in [-0.4, -0.2) is 16.5 Å². The van der Waals surface area contributed by atoms with E-state index in [2.05, 4.69) is 20.7 Å². The van der Waals surface area contributed by atoms with Crippen LogP contribution in [0.5, 0.6) is 5.75 Å². The van der Waals surface area contributed by atoms with Crippen molar-refractivity contribution < 1.29 is 4.74 Å². The SMILES string of the molecule is CCc1nsc(NCc2cccc(OC)c2)n1. The highest BCUT2D eigenvalue weighted by molar-refractivity contribution is 7.09. The van der Waals surface area contributed by atoms with E-state index in [1.54, 1.807) is 7.11 Å². The Hall–Kier alpha value is -1.62. The number of ether oxygens (including phenoxy) is 1. The molecule has 0 fully saturated rings. The highest BCUT2D eigenvalue weighted by atomic mass is 32.1. The molecule has 2 aromatic rings. The summed E-state index contributed by atoms with van der Waals surface area (Å²) >= 11 is 1.40. The zero-order valence-corrected chi connectivity index (χ0v) is 10.8. The van der Waals surface area contributed by atoms with Gasteiger partial charge in [0.25, 0.3) is 0 Å². The summed E-state index contributed by atoms with van der Waals surface area (Å²) < 4.78 is 9.40. The Bertz CT molecular complexity index is 484. The predicted molar refractivity (Wildman–Crippen MR) is 69.6 cm³/mol. The van der Waals surface area contributed by atoms with Crippen LogP contribution in [0.4, 0.5) is 5.13 Å². The number of benzene rings is 1. The molecule has 2 rings (SSSR count). The van der Waals surface area contributed by atoms with E-state index in [4.69, 9.17) is 4.74 Å². The second kappa shape index (κ2) is 5.63. The molecule has 0 unspecified atom stereocenters. The quantitative estimate of drug-likeness (QED) is 0.885. The first-order chi connectivity index (χ1) is 8.31. The lowest BCUT2D eigenvalue weighted by Crippen LogP contribution is -1.99. The van der Waals surface area contributed by atoms with Gasteiger partial charge in [0.1, 0.15) is 11.6 Å². The van der Waals surface area contributed by atoms with Crippen molar-refractivity contribution in [2.75, 3.05) is 12.4 Å². The molecule has 0 aliphatic carbocycles. The van der Waals surface area contributed by atoms with E-state index in [0.717, 1.165) is 35.2 Å². The molecule has 0 atom stereocenters. The number of aromatic nitrogens is 2. The van der Waals surface area contributed by atoms with Gasteiger partial charge in [0, 0.05) is 24.5 Å². The summed E-state index contributed by atoms with van der Waals surface area (Å²) in [5, 5.41) is 4.12. The zero-order valence-electron chi connectivity index (χ0n) is 9.93. The summed E-state index contributed by atoms with van der Waals surface area (Å²) in [6.07, 6.45) is 0.872. The van der Waals surface area contributed by atoms with Crippen LogP contribution in [0.15, 0.2) is 24.3 Å². The fourth-order valence-corrected chi connectivity index (χ4v) is 2.07. The summed E-state index contributed by atoms with van der Waals surface area (Å²) in [5.74, 6) is 1.76. The smallest absolute Gasteiger partial charge is 0.202 e. The van der Waals surface area contributed by atoms with Crippen molar-refractivity contribution in [1.29, 1.82) is 0 Å². The van der Waals surface area contributed by atoms with Gasteiger partial charge >= 0.3 is 0 Å². The third kappa shape index (κ3) is 3.17. The maximum atomic E-state index is 5.18. The van der Waals surface area contributed by atoms with Gasteiger partial charge in [0.05, 0.1) is 7.11 Å². The van der Waals surface area contributed by atoms with E-state index in [9.17, 15) is 0 Å². The Kier molecular flexibility index (Phi) is 3.93. The molecular formula is C12H15N3OS. The van der Waals surface area contributed by atoms with Crippen molar-refractivity contribution in [2.45, 2.75) is 19.9 Å².